The molecule has 2 amide bonds. The smallest absolute Gasteiger partial charge is 0.310 e. The Kier molecular flexibility index (Phi) is 11.5. The van der Waals surface area contributed by atoms with Gasteiger partial charge in [0, 0.05) is 54.8 Å². The van der Waals surface area contributed by atoms with Gasteiger partial charge >= 0.3 is 5.97 Å². The first-order valence-corrected chi connectivity index (χ1v) is 19.2. The maximum absolute atomic E-state index is 13.5. The Morgan fingerprint density at radius 2 is 1.47 bits per heavy atom. The van der Waals surface area contributed by atoms with E-state index in [9.17, 15) is 19.5 Å². The van der Waals surface area contributed by atoms with Crippen LogP contribution in [0.1, 0.15) is 125 Å². The van der Waals surface area contributed by atoms with Gasteiger partial charge in [-0.15, -0.1) is 0 Å². The van der Waals surface area contributed by atoms with Crippen molar-refractivity contribution < 1.29 is 19.5 Å². The fourth-order valence-corrected chi connectivity index (χ4v) is 8.45. The molecule has 9 heteroatoms. The molecular formula is C42H55N5O4. The second-order valence-corrected chi connectivity index (χ2v) is 16.4. The molecule has 1 atom stereocenters. The number of nitrogens with zero attached hydrogens (tertiary/aromatic N) is 4. The van der Waals surface area contributed by atoms with Crippen LogP contribution in [0.4, 0.5) is 0 Å². The average Bonchev–Trinajstić information content (AvgIpc) is 3.11. The van der Waals surface area contributed by atoms with Gasteiger partial charge in [0.15, 0.2) is 5.82 Å². The van der Waals surface area contributed by atoms with Crippen molar-refractivity contribution in [3.8, 4) is 11.4 Å². The second-order valence-electron chi connectivity index (χ2n) is 16.4. The van der Waals surface area contributed by atoms with Crippen LogP contribution >= 0.6 is 0 Å². The van der Waals surface area contributed by atoms with Crippen molar-refractivity contribution in [1.82, 2.24) is 25.2 Å². The number of aliphatic carboxylic acids is 1. The average molecular weight is 694 g/mol. The van der Waals surface area contributed by atoms with Gasteiger partial charge in [-0.05, 0) is 85.5 Å². The van der Waals surface area contributed by atoms with Crippen molar-refractivity contribution >= 4 is 17.8 Å². The number of carboxylic acids is 1. The number of rotatable bonds is 11. The first-order valence-electron chi connectivity index (χ1n) is 19.2. The summed E-state index contributed by atoms with van der Waals surface area (Å²) in [7, 11) is 0. The summed E-state index contributed by atoms with van der Waals surface area (Å²) in [4.78, 5) is 53.6. The van der Waals surface area contributed by atoms with Crippen LogP contribution in [0.3, 0.4) is 0 Å². The zero-order valence-electron chi connectivity index (χ0n) is 30.8. The largest absolute Gasteiger partial charge is 0.481 e. The molecule has 0 radical (unpaired) electrons. The zero-order chi connectivity index (χ0) is 36.1. The lowest BCUT2D eigenvalue weighted by atomic mass is 9.68. The summed E-state index contributed by atoms with van der Waals surface area (Å²) in [6, 6.07) is 10.5. The molecule has 0 bridgehead atoms. The van der Waals surface area contributed by atoms with E-state index in [-0.39, 0.29) is 30.8 Å². The number of hydrogen-bond donors (Lipinski definition) is 2. The normalized spacial score (nSPS) is 23.3. The van der Waals surface area contributed by atoms with Crippen LogP contribution in [-0.2, 0) is 21.4 Å². The van der Waals surface area contributed by atoms with Crippen molar-refractivity contribution in [3.05, 3.63) is 77.4 Å². The molecule has 272 valence electrons. The van der Waals surface area contributed by atoms with Crippen LogP contribution in [0, 0.1) is 23.7 Å². The van der Waals surface area contributed by atoms with Gasteiger partial charge in [-0.2, -0.15) is 0 Å². The van der Waals surface area contributed by atoms with E-state index in [1.165, 1.54) is 80.9 Å². The minimum Gasteiger partial charge on any atom is -0.481 e. The predicted molar refractivity (Wildman–Crippen MR) is 198 cm³/mol. The van der Waals surface area contributed by atoms with Crippen LogP contribution < -0.4 is 5.32 Å². The number of carbonyl (C=O) groups excluding carboxylic acids is 2. The molecule has 3 fully saturated rings. The first kappa shape index (κ1) is 36.6. The van der Waals surface area contributed by atoms with Crippen molar-refractivity contribution in [2.24, 2.45) is 23.7 Å². The predicted octanol–water partition coefficient (Wildman–Crippen LogP) is 7.60. The summed E-state index contributed by atoms with van der Waals surface area (Å²) in [6.45, 7) is 8.75. The Bertz CT molecular complexity index is 1630. The number of hydrogen-bond acceptors (Lipinski definition) is 6. The second kappa shape index (κ2) is 16.0. The topological polar surface area (TPSA) is 125 Å². The van der Waals surface area contributed by atoms with Crippen LogP contribution in [0.15, 0.2) is 55.0 Å². The number of pyridine rings is 1. The first-order chi connectivity index (χ1) is 24.5. The van der Waals surface area contributed by atoms with Gasteiger partial charge in [0.2, 0.25) is 5.91 Å². The van der Waals surface area contributed by atoms with E-state index in [4.69, 9.17) is 9.97 Å². The summed E-state index contributed by atoms with van der Waals surface area (Å²) in [5.41, 5.74) is 4.05. The van der Waals surface area contributed by atoms with Gasteiger partial charge in [0.25, 0.3) is 5.91 Å². The summed E-state index contributed by atoms with van der Waals surface area (Å²) < 4.78 is 0. The SMILES string of the molecule is CCCC1CCC(C2CCC(c3cnc(-c4ccc(C[C@H](NC(=O)c5ccc(C(C)(C)C)nc5)C(=O)N5CC(C(=O)O)C5)cc4)nc3)CC2)CC1. The molecular weight excluding hydrogens is 638 g/mol. The molecule has 0 unspecified atom stereocenters. The molecule has 2 aromatic heterocycles. The van der Waals surface area contributed by atoms with E-state index in [1.54, 1.807) is 6.07 Å². The van der Waals surface area contributed by atoms with Gasteiger partial charge in [0.1, 0.15) is 6.04 Å². The number of nitrogens with one attached hydrogen (secondary N) is 1. The fourth-order valence-electron chi connectivity index (χ4n) is 8.45. The van der Waals surface area contributed by atoms with Gasteiger partial charge in [-0.1, -0.05) is 77.6 Å². The minimum absolute atomic E-state index is 0.135. The van der Waals surface area contributed by atoms with E-state index in [1.807, 2.05) is 42.7 Å². The maximum Gasteiger partial charge on any atom is 0.310 e. The minimum atomic E-state index is -0.919. The number of amides is 2. The summed E-state index contributed by atoms with van der Waals surface area (Å²) in [5.74, 6) is 1.77. The molecule has 51 heavy (non-hydrogen) atoms. The molecule has 1 aliphatic heterocycles. The van der Waals surface area contributed by atoms with Crippen LogP contribution in [-0.4, -0.2) is 61.9 Å². The molecule has 3 heterocycles. The van der Waals surface area contributed by atoms with E-state index >= 15 is 0 Å². The third kappa shape index (κ3) is 9.03. The third-order valence-electron chi connectivity index (χ3n) is 11.8. The Balaban J connectivity index is 1.06. The number of aromatic nitrogens is 3. The molecule has 1 aromatic carbocycles. The monoisotopic (exact) mass is 693 g/mol. The highest BCUT2D eigenvalue weighted by Crippen LogP contribution is 2.44. The van der Waals surface area contributed by atoms with Crippen LogP contribution in [0.2, 0.25) is 0 Å². The van der Waals surface area contributed by atoms with Crippen LogP contribution in [0.5, 0.6) is 0 Å². The molecule has 3 aliphatic rings. The lowest BCUT2D eigenvalue weighted by molar-refractivity contribution is -0.153. The lowest BCUT2D eigenvalue weighted by Crippen LogP contribution is -2.59. The molecule has 2 saturated carbocycles. The molecule has 9 nitrogen and oxygen atoms in total. The molecule has 2 N–H and O–H groups in total. The van der Waals surface area contributed by atoms with Crippen LogP contribution in [0.25, 0.3) is 11.4 Å². The Labute approximate surface area is 303 Å². The Morgan fingerprint density at radius 3 is 2.02 bits per heavy atom. The molecule has 1 saturated heterocycles. The number of carboxylic acid groups (broad SMARTS) is 1. The quantitative estimate of drug-likeness (QED) is 0.212. The van der Waals surface area contributed by atoms with E-state index < -0.39 is 23.8 Å². The third-order valence-corrected chi connectivity index (χ3v) is 11.8. The van der Waals surface area contributed by atoms with Gasteiger partial charge in [-0.3, -0.25) is 19.4 Å². The zero-order valence-corrected chi connectivity index (χ0v) is 30.8. The highest BCUT2D eigenvalue weighted by molar-refractivity contribution is 5.97. The van der Waals surface area contributed by atoms with Crippen molar-refractivity contribution in [2.45, 2.75) is 116 Å². The van der Waals surface area contributed by atoms with Gasteiger partial charge in [-0.25, -0.2) is 9.97 Å². The summed E-state index contributed by atoms with van der Waals surface area (Å²) >= 11 is 0. The molecule has 2 aliphatic carbocycles. The Hall–Kier alpha value is -4.14. The molecule has 0 spiro atoms. The van der Waals surface area contributed by atoms with E-state index in [2.05, 4.69) is 38.0 Å². The van der Waals surface area contributed by atoms with Crippen molar-refractivity contribution in [1.29, 1.82) is 0 Å². The standard InChI is InChI=1S/C42H55N5O4/c1-5-6-27-7-11-29(12-8-27)30-15-17-31(18-16-30)34-23-44-38(45-24-34)32-13-9-28(10-14-32)21-36(40(49)47-25-35(26-47)41(50)51)46-39(48)33-19-20-37(43-22-33)42(2,3)4/h9-10,13-14,19-20,22-24,27,29-31,35-36H,5-8,11-12,15-18,21,25-26H2,1-4H3,(H,46,48)(H,50,51)/t27?,29?,30?,31?,36-/m0/s1. The highest BCUT2D eigenvalue weighted by Gasteiger charge is 2.39. The lowest BCUT2D eigenvalue weighted by Gasteiger charge is -2.39. The van der Waals surface area contributed by atoms with Gasteiger partial charge in [0.05, 0.1) is 11.5 Å². The van der Waals surface area contributed by atoms with Crippen molar-refractivity contribution in [2.75, 3.05) is 13.1 Å². The number of carbonyl (C=O) groups is 3. The maximum atomic E-state index is 13.5. The number of benzene rings is 1. The highest BCUT2D eigenvalue weighted by atomic mass is 16.4. The van der Waals surface area contributed by atoms with Crippen molar-refractivity contribution in [3.63, 3.8) is 0 Å². The van der Waals surface area contributed by atoms with Gasteiger partial charge < -0.3 is 15.3 Å². The molecule has 3 aromatic rings. The fraction of sp³-hybridized carbons (Fsp3) is 0.571. The molecule has 6 rings (SSSR count). The summed E-state index contributed by atoms with van der Waals surface area (Å²) in [5, 5.41) is 12.2. The van der Waals surface area contributed by atoms with E-state index in [0.29, 0.717) is 17.3 Å². The summed E-state index contributed by atoms with van der Waals surface area (Å²) in [6.07, 6.45) is 19.3. The van der Waals surface area contributed by atoms with E-state index in [0.717, 1.165) is 34.6 Å². The Morgan fingerprint density at radius 1 is 0.843 bits per heavy atom. The number of likely N-dealkylation sites (tertiary alicyclic amines) is 1.